The molecule has 0 radical (unpaired) electrons. The first kappa shape index (κ1) is 15.0. The van der Waals surface area contributed by atoms with Crippen molar-refractivity contribution >= 4 is 11.9 Å². The van der Waals surface area contributed by atoms with Crippen molar-refractivity contribution in [1.29, 1.82) is 0 Å². The number of nitrogens with zero attached hydrogens (tertiary/aromatic N) is 2. The summed E-state index contributed by atoms with van der Waals surface area (Å²) in [5.41, 5.74) is 1.08. The fourth-order valence-corrected chi connectivity index (χ4v) is 2.35. The van der Waals surface area contributed by atoms with E-state index in [2.05, 4.69) is 15.5 Å². The maximum Gasteiger partial charge on any atom is 0.322 e. The minimum atomic E-state index is -0.390. The van der Waals surface area contributed by atoms with Gasteiger partial charge >= 0.3 is 6.01 Å². The molecular weight excluding hydrogens is 326 g/mol. The highest BCUT2D eigenvalue weighted by Crippen LogP contribution is 2.32. The number of carbonyl (C=O) groups excluding carboxylic acids is 1. The first-order valence-corrected chi connectivity index (χ1v) is 7.42. The lowest BCUT2D eigenvalue weighted by Crippen LogP contribution is -2.12. The van der Waals surface area contributed by atoms with Gasteiger partial charge in [0.1, 0.15) is 5.75 Å². The Morgan fingerprint density at radius 3 is 2.88 bits per heavy atom. The van der Waals surface area contributed by atoms with Crippen LogP contribution in [0.15, 0.2) is 46.9 Å². The van der Waals surface area contributed by atoms with E-state index in [9.17, 15) is 4.79 Å². The summed E-state index contributed by atoms with van der Waals surface area (Å²) in [7, 11) is 1.57. The number of nitrogens with one attached hydrogen (secondary N) is 1. The summed E-state index contributed by atoms with van der Waals surface area (Å²) in [4.78, 5) is 12.3. The van der Waals surface area contributed by atoms with E-state index < -0.39 is 0 Å². The van der Waals surface area contributed by atoms with Gasteiger partial charge in [-0.1, -0.05) is 11.2 Å². The lowest BCUT2D eigenvalue weighted by molar-refractivity contribution is 0.102. The van der Waals surface area contributed by atoms with Crippen molar-refractivity contribution < 1.29 is 23.4 Å². The maximum absolute atomic E-state index is 12.3. The Morgan fingerprint density at radius 1 is 1.12 bits per heavy atom. The Bertz CT molecular complexity index is 938. The van der Waals surface area contributed by atoms with E-state index in [4.69, 9.17) is 18.6 Å². The van der Waals surface area contributed by atoms with Crippen molar-refractivity contribution in [3.8, 4) is 28.7 Å². The van der Waals surface area contributed by atoms with Crippen molar-refractivity contribution in [2.24, 2.45) is 0 Å². The van der Waals surface area contributed by atoms with Crippen LogP contribution in [0, 0.1) is 0 Å². The number of methoxy groups -OCH3 is 1. The molecule has 126 valence electrons. The van der Waals surface area contributed by atoms with E-state index in [1.165, 1.54) is 0 Å². The summed E-state index contributed by atoms with van der Waals surface area (Å²) < 4.78 is 21.1. The van der Waals surface area contributed by atoms with Gasteiger partial charge in [-0.05, 0) is 36.4 Å². The zero-order valence-electron chi connectivity index (χ0n) is 13.2. The van der Waals surface area contributed by atoms with Gasteiger partial charge in [0.25, 0.3) is 5.91 Å². The number of fused-ring (bicyclic) bond motifs is 1. The maximum atomic E-state index is 12.3. The van der Waals surface area contributed by atoms with Crippen LogP contribution in [0.25, 0.3) is 11.5 Å². The van der Waals surface area contributed by atoms with Crippen LogP contribution in [-0.2, 0) is 0 Å². The van der Waals surface area contributed by atoms with E-state index in [0.717, 1.165) is 0 Å². The molecular formula is C17H13N3O5. The number of ether oxygens (including phenoxy) is 3. The Labute approximate surface area is 142 Å². The van der Waals surface area contributed by atoms with Crippen molar-refractivity contribution in [3.05, 3.63) is 48.0 Å². The fourth-order valence-electron chi connectivity index (χ4n) is 2.35. The third-order valence-corrected chi connectivity index (χ3v) is 3.60. The molecule has 0 saturated heterocycles. The number of anilines is 1. The molecule has 1 amide bonds. The zero-order valence-corrected chi connectivity index (χ0v) is 13.2. The number of aromatic nitrogens is 2. The molecule has 1 N–H and O–H groups in total. The molecule has 2 aromatic carbocycles. The molecule has 1 aromatic heterocycles. The van der Waals surface area contributed by atoms with Crippen molar-refractivity contribution in [2.75, 3.05) is 19.2 Å². The number of carbonyl (C=O) groups is 1. The zero-order chi connectivity index (χ0) is 17.2. The fraction of sp³-hybridized carbons (Fsp3) is 0.118. The topological polar surface area (TPSA) is 95.7 Å². The second kappa shape index (κ2) is 6.16. The van der Waals surface area contributed by atoms with Crippen LogP contribution in [-0.4, -0.2) is 30.0 Å². The molecule has 0 saturated carbocycles. The Morgan fingerprint density at radius 2 is 2.00 bits per heavy atom. The number of rotatable bonds is 4. The van der Waals surface area contributed by atoms with E-state index in [1.54, 1.807) is 37.4 Å². The number of hydrogen-bond acceptors (Lipinski definition) is 7. The van der Waals surface area contributed by atoms with Crippen LogP contribution in [0.5, 0.6) is 17.2 Å². The molecule has 1 aliphatic rings. The smallest absolute Gasteiger partial charge is 0.322 e. The minimum absolute atomic E-state index is 0.000451. The largest absolute Gasteiger partial charge is 0.497 e. The summed E-state index contributed by atoms with van der Waals surface area (Å²) in [6.45, 7) is 0.147. The van der Waals surface area contributed by atoms with E-state index in [-0.39, 0.29) is 24.6 Å². The Hall–Kier alpha value is -3.55. The van der Waals surface area contributed by atoms with Gasteiger partial charge in [0.15, 0.2) is 11.5 Å². The molecule has 0 atom stereocenters. The van der Waals surface area contributed by atoms with Gasteiger partial charge < -0.3 is 18.6 Å². The Kier molecular flexibility index (Phi) is 3.70. The van der Waals surface area contributed by atoms with E-state index in [0.29, 0.717) is 28.4 Å². The van der Waals surface area contributed by atoms with Crippen LogP contribution in [0.3, 0.4) is 0 Å². The molecule has 25 heavy (non-hydrogen) atoms. The average Bonchev–Trinajstić information content (AvgIpc) is 3.30. The molecule has 3 aromatic rings. The number of hydrogen-bond donors (Lipinski definition) is 1. The second-order valence-corrected chi connectivity index (χ2v) is 5.17. The first-order chi connectivity index (χ1) is 12.2. The van der Waals surface area contributed by atoms with Gasteiger partial charge in [-0.3, -0.25) is 10.1 Å². The van der Waals surface area contributed by atoms with E-state index >= 15 is 0 Å². The molecule has 0 unspecified atom stereocenters. The van der Waals surface area contributed by atoms with Crippen LogP contribution in [0.4, 0.5) is 6.01 Å². The molecule has 4 rings (SSSR count). The van der Waals surface area contributed by atoms with Crippen LogP contribution < -0.4 is 19.5 Å². The first-order valence-electron chi connectivity index (χ1n) is 7.42. The van der Waals surface area contributed by atoms with Gasteiger partial charge in [0.05, 0.1) is 7.11 Å². The summed E-state index contributed by atoms with van der Waals surface area (Å²) >= 11 is 0. The number of benzene rings is 2. The number of amides is 1. The van der Waals surface area contributed by atoms with Gasteiger partial charge in [0, 0.05) is 11.1 Å². The van der Waals surface area contributed by atoms with Crippen molar-refractivity contribution in [3.63, 3.8) is 0 Å². The minimum Gasteiger partial charge on any atom is -0.497 e. The van der Waals surface area contributed by atoms with Gasteiger partial charge in [-0.15, -0.1) is 5.10 Å². The normalized spacial score (nSPS) is 12.0. The summed E-state index contributed by atoms with van der Waals surface area (Å²) in [5.74, 6) is 1.69. The highest BCUT2D eigenvalue weighted by molar-refractivity contribution is 6.03. The predicted molar refractivity (Wildman–Crippen MR) is 86.8 cm³/mol. The van der Waals surface area contributed by atoms with Gasteiger partial charge in [-0.2, -0.15) is 0 Å². The molecule has 0 aliphatic carbocycles. The third kappa shape index (κ3) is 2.97. The summed E-state index contributed by atoms with van der Waals surface area (Å²) in [6.07, 6.45) is 0. The standard InChI is InChI=1S/C17H13N3O5/c1-22-12-4-2-3-11(7-12)16-19-20-17(25-16)18-15(21)10-5-6-13-14(8-10)24-9-23-13/h2-8H,9H2,1H3,(H,18,20,21). The second-order valence-electron chi connectivity index (χ2n) is 5.17. The van der Waals surface area contributed by atoms with E-state index in [1.807, 2.05) is 12.1 Å². The lowest BCUT2D eigenvalue weighted by atomic mass is 10.2. The third-order valence-electron chi connectivity index (χ3n) is 3.60. The molecule has 0 fully saturated rings. The lowest BCUT2D eigenvalue weighted by Gasteiger charge is -2.02. The SMILES string of the molecule is COc1cccc(-c2nnc(NC(=O)c3ccc4c(c3)OCO4)o2)c1. The summed E-state index contributed by atoms with van der Waals surface area (Å²) in [5, 5.41) is 10.3. The van der Waals surface area contributed by atoms with Crippen LogP contribution >= 0.6 is 0 Å². The van der Waals surface area contributed by atoms with Crippen LogP contribution in [0.2, 0.25) is 0 Å². The van der Waals surface area contributed by atoms with Gasteiger partial charge in [0.2, 0.25) is 12.7 Å². The highest BCUT2D eigenvalue weighted by atomic mass is 16.7. The molecule has 8 nitrogen and oxygen atoms in total. The summed E-state index contributed by atoms with van der Waals surface area (Å²) in [6, 6.07) is 12.1. The Balaban J connectivity index is 1.51. The molecule has 1 aliphatic heterocycles. The molecule has 8 heteroatoms. The van der Waals surface area contributed by atoms with Crippen molar-refractivity contribution in [1.82, 2.24) is 10.2 Å². The molecule has 0 spiro atoms. The highest BCUT2D eigenvalue weighted by Gasteiger charge is 2.18. The van der Waals surface area contributed by atoms with Crippen molar-refractivity contribution in [2.45, 2.75) is 0 Å². The molecule has 0 bridgehead atoms. The average molecular weight is 339 g/mol. The monoisotopic (exact) mass is 339 g/mol. The predicted octanol–water partition coefficient (Wildman–Crippen LogP) is 2.73. The molecule has 2 heterocycles. The quantitative estimate of drug-likeness (QED) is 0.780. The van der Waals surface area contributed by atoms with Gasteiger partial charge in [-0.25, -0.2) is 0 Å². The van der Waals surface area contributed by atoms with Crippen LogP contribution in [0.1, 0.15) is 10.4 Å².